The van der Waals surface area contributed by atoms with Crippen LogP contribution in [0.3, 0.4) is 0 Å². The van der Waals surface area contributed by atoms with E-state index in [4.69, 9.17) is 11.6 Å². The van der Waals surface area contributed by atoms with Crippen LogP contribution < -0.4 is 16.7 Å². The minimum Gasteiger partial charge on any atom is -0.324 e. The average molecular weight is 389 g/mol. The molecule has 0 bridgehead atoms. The molecule has 3 aromatic rings. The van der Waals surface area contributed by atoms with E-state index in [1.807, 2.05) is 0 Å². The molecule has 8 heteroatoms. The molecule has 0 atom stereocenters. The molecule has 0 aliphatic carbocycles. The van der Waals surface area contributed by atoms with Crippen LogP contribution in [0.25, 0.3) is 0 Å². The van der Waals surface area contributed by atoms with Gasteiger partial charge in [-0.05, 0) is 43.7 Å². The molecule has 0 fully saturated rings. The zero-order chi connectivity index (χ0) is 19.6. The van der Waals surface area contributed by atoms with Crippen molar-refractivity contribution in [2.45, 2.75) is 26.4 Å². The van der Waals surface area contributed by atoms with E-state index in [9.17, 15) is 14.0 Å². The van der Waals surface area contributed by atoms with Gasteiger partial charge in [0, 0.05) is 6.04 Å². The largest absolute Gasteiger partial charge is 0.355 e. The summed E-state index contributed by atoms with van der Waals surface area (Å²) >= 11 is 6.16. The number of halogens is 2. The fourth-order valence-electron chi connectivity index (χ4n) is 2.64. The first-order valence-corrected chi connectivity index (χ1v) is 8.74. The third kappa shape index (κ3) is 4.09. The highest BCUT2D eigenvalue weighted by molar-refractivity contribution is 6.33. The molecule has 6 nitrogen and oxygen atoms in total. The van der Waals surface area contributed by atoms with Crippen molar-refractivity contribution in [1.82, 2.24) is 14.1 Å². The van der Waals surface area contributed by atoms with E-state index in [1.165, 1.54) is 16.7 Å². The first kappa shape index (κ1) is 18.8. The topological polar surface area (TPSA) is 68.9 Å². The molecule has 1 aromatic heterocycles. The highest BCUT2D eigenvalue weighted by Gasteiger charge is 2.16. The van der Waals surface area contributed by atoms with E-state index in [0.29, 0.717) is 16.3 Å². The van der Waals surface area contributed by atoms with Gasteiger partial charge >= 0.3 is 11.4 Å². The van der Waals surface area contributed by atoms with Crippen molar-refractivity contribution >= 4 is 23.2 Å². The third-order valence-electron chi connectivity index (χ3n) is 3.99. The Labute approximate surface area is 159 Å². The molecule has 27 heavy (non-hydrogen) atoms. The lowest BCUT2D eigenvalue weighted by atomic mass is 10.2. The van der Waals surface area contributed by atoms with E-state index in [2.05, 4.69) is 10.3 Å². The van der Waals surface area contributed by atoms with Crippen LogP contribution in [0.2, 0.25) is 5.02 Å². The van der Waals surface area contributed by atoms with Gasteiger partial charge in [0.05, 0.1) is 17.3 Å². The lowest BCUT2D eigenvalue weighted by Gasteiger charge is -2.17. The fraction of sp³-hybridized carbons (Fsp3) is 0.211. The van der Waals surface area contributed by atoms with Gasteiger partial charge in [-0.15, -0.1) is 0 Å². The van der Waals surface area contributed by atoms with Gasteiger partial charge in [0.25, 0.3) is 0 Å². The zero-order valence-electron chi connectivity index (χ0n) is 14.8. The molecule has 0 spiro atoms. The third-order valence-corrected chi connectivity index (χ3v) is 4.32. The summed E-state index contributed by atoms with van der Waals surface area (Å²) in [4.78, 5) is 29.3. The van der Waals surface area contributed by atoms with Gasteiger partial charge in [-0.2, -0.15) is 4.98 Å². The number of anilines is 2. The summed E-state index contributed by atoms with van der Waals surface area (Å²) in [6, 6.07) is 12.4. The van der Waals surface area contributed by atoms with E-state index >= 15 is 0 Å². The lowest BCUT2D eigenvalue weighted by Crippen LogP contribution is -2.43. The molecule has 0 unspecified atom stereocenters. The van der Waals surface area contributed by atoms with Crippen molar-refractivity contribution in [3.63, 3.8) is 0 Å². The van der Waals surface area contributed by atoms with Gasteiger partial charge in [0.2, 0.25) is 5.95 Å². The summed E-state index contributed by atoms with van der Waals surface area (Å²) in [5.41, 5.74) is 0.0425. The molecule has 0 amide bonds. The van der Waals surface area contributed by atoms with E-state index < -0.39 is 11.4 Å². The molecule has 0 aliphatic rings. The van der Waals surface area contributed by atoms with Crippen LogP contribution in [0.1, 0.15) is 25.5 Å². The number of aromatic nitrogens is 3. The molecule has 1 heterocycles. The molecule has 3 rings (SSSR count). The highest BCUT2D eigenvalue weighted by atomic mass is 35.5. The van der Waals surface area contributed by atoms with Gasteiger partial charge in [0.1, 0.15) is 5.82 Å². The van der Waals surface area contributed by atoms with Crippen LogP contribution in [0, 0.1) is 5.82 Å². The monoisotopic (exact) mass is 388 g/mol. The van der Waals surface area contributed by atoms with Crippen molar-refractivity contribution < 1.29 is 4.39 Å². The molecule has 0 saturated carbocycles. The van der Waals surface area contributed by atoms with Gasteiger partial charge < -0.3 is 5.32 Å². The molecule has 140 valence electrons. The summed E-state index contributed by atoms with van der Waals surface area (Å²) < 4.78 is 15.6. The van der Waals surface area contributed by atoms with Gasteiger partial charge in [0.15, 0.2) is 0 Å². The smallest absolute Gasteiger partial charge is 0.324 e. The second-order valence-corrected chi connectivity index (χ2v) is 6.69. The minimum absolute atomic E-state index is 0.0688. The molecule has 0 saturated heterocycles. The summed E-state index contributed by atoms with van der Waals surface area (Å²) in [6.45, 7) is 3.58. The van der Waals surface area contributed by atoms with Crippen molar-refractivity contribution in [2.75, 3.05) is 5.32 Å². The van der Waals surface area contributed by atoms with Crippen molar-refractivity contribution in [1.29, 1.82) is 0 Å². The Bertz CT molecular complexity index is 1070. The summed E-state index contributed by atoms with van der Waals surface area (Å²) in [5, 5.41) is 3.38. The molecular weight excluding hydrogens is 371 g/mol. The van der Waals surface area contributed by atoms with Crippen LogP contribution in [0.15, 0.2) is 58.1 Å². The normalized spacial score (nSPS) is 11.0. The Morgan fingerprint density at radius 3 is 2.41 bits per heavy atom. The lowest BCUT2D eigenvalue weighted by molar-refractivity contribution is 0.497. The van der Waals surface area contributed by atoms with Crippen molar-refractivity contribution in [3.05, 3.63) is 85.9 Å². The molecule has 0 radical (unpaired) electrons. The Morgan fingerprint density at radius 1 is 1.11 bits per heavy atom. The minimum atomic E-state index is -0.653. The summed E-state index contributed by atoms with van der Waals surface area (Å²) in [5.74, 6) is -0.301. The highest BCUT2D eigenvalue weighted by Crippen LogP contribution is 2.23. The molecule has 0 aliphatic heterocycles. The second-order valence-electron chi connectivity index (χ2n) is 6.28. The SMILES string of the molecule is CC(C)n1c(=O)nc(Nc2ccccc2Cl)n(Cc2ccc(F)cc2)c1=O. The first-order valence-electron chi connectivity index (χ1n) is 8.36. The van der Waals surface area contributed by atoms with Crippen LogP contribution in [0.5, 0.6) is 0 Å². The molecule has 1 N–H and O–H groups in total. The van der Waals surface area contributed by atoms with E-state index in [-0.39, 0.29) is 24.4 Å². The summed E-state index contributed by atoms with van der Waals surface area (Å²) in [6.07, 6.45) is 0. The maximum Gasteiger partial charge on any atom is 0.355 e. The number of nitrogens with one attached hydrogen (secondary N) is 1. The zero-order valence-corrected chi connectivity index (χ0v) is 15.6. The predicted molar refractivity (Wildman–Crippen MR) is 103 cm³/mol. The van der Waals surface area contributed by atoms with Gasteiger partial charge in [-0.1, -0.05) is 35.9 Å². The maximum absolute atomic E-state index is 13.2. The standard InChI is InChI=1S/C19H18ClFN4O2/c1-12(2)25-18(26)23-17(22-16-6-4-3-5-15(16)20)24(19(25)27)11-13-7-9-14(21)10-8-13/h3-10,12H,11H2,1-2H3,(H,22,23,26). The predicted octanol–water partition coefficient (Wildman–Crippen LogP) is 3.57. The number of benzene rings is 2. The van der Waals surface area contributed by atoms with Gasteiger partial charge in [-0.25, -0.2) is 18.5 Å². The number of para-hydroxylation sites is 1. The van der Waals surface area contributed by atoms with Crippen LogP contribution in [-0.4, -0.2) is 14.1 Å². The number of hydrogen-bond donors (Lipinski definition) is 1. The average Bonchev–Trinajstić information content (AvgIpc) is 2.61. The van der Waals surface area contributed by atoms with Crippen LogP contribution in [-0.2, 0) is 6.54 Å². The Morgan fingerprint density at radius 2 is 1.78 bits per heavy atom. The number of rotatable bonds is 5. The van der Waals surface area contributed by atoms with Crippen LogP contribution >= 0.6 is 11.6 Å². The second kappa shape index (κ2) is 7.75. The Kier molecular flexibility index (Phi) is 5.41. The number of nitrogens with zero attached hydrogens (tertiary/aromatic N) is 3. The first-order chi connectivity index (χ1) is 12.9. The fourth-order valence-corrected chi connectivity index (χ4v) is 2.83. The Balaban J connectivity index is 2.13. The summed E-state index contributed by atoms with van der Waals surface area (Å²) in [7, 11) is 0. The maximum atomic E-state index is 13.2. The van der Waals surface area contributed by atoms with Crippen LogP contribution in [0.4, 0.5) is 16.0 Å². The van der Waals surface area contributed by atoms with Gasteiger partial charge in [-0.3, -0.25) is 4.57 Å². The van der Waals surface area contributed by atoms with Crippen molar-refractivity contribution in [2.24, 2.45) is 0 Å². The number of hydrogen-bond acceptors (Lipinski definition) is 4. The van der Waals surface area contributed by atoms with Crippen molar-refractivity contribution in [3.8, 4) is 0 Å². The molecule has 2 aromatic carbocycles. The molecular formula is C19H18ClFN4O2. The van der Waals surface area contributed by atoms with E-state index in [1.54, 1.807) is 50.2 Å². The quantitative estimate of drug-likeness (QED) is 0.725. The van der Waals surface area contributed by atoms with E-state index in [0.717, 1.165) is 4.57 Å². The Hall–Kier alpha value is -2.93.